The number of nitrogens with one attached hydrogen (secondary N) is 4. The second-order valence-electron chi connectivity index (χ2n) is 18.7. The smallest absolute Gasteiger partial charge is 0.273 e. The number of halogens is 1. The molecule has 0 bridgehead atoms. The lowest BCUT2D eigenvalue weighted by Gasteiger charge is -2.36. The number of anilines is 8. The molecule has 2 aromatic carbocycles. The van der Waals surface area contributed by atoms with E-state index in [1.807, 2.05) is 28.4 Å². The van der Waals surface area contributed by atoms with Gasteiger partial charge in [-0.15, -0.1) is 10.2 Å². The van der Waals surface area contributed by atoms with Gasteiger partial charge in [-0.3, -0.25) is 19.2 Å². The highest BCUT2D eigenvalue weighted by Crippen LogP contribution is 2.37. The number of carbonyl (C=O) groups is 2. The van der Waals surface area contributed by atoms with Crippen molar-refractivity contribution in [3.63, 3.8) is 0 Å². The van der Waals surface area contributed by atoms with Crippen molar-refractivity contribution in [1.29, 1.82) is 0 Å². The molecule has 3 aliphatic heterocycles. The number of piperidine rings is 1. The minimum absolute atomic E-state index is 0.0361. The Morgan fingerprint density at radius 2 is 1.53 bits per heavy atom. The van der Waals surface area contributed by atoms with E-state index >= 15 is 0 Å². The summed E-state index contributed by atoms with van der Waals surface area (Å²) in [4.78, 5) is 55.0. The molecule has 9 rings (SSSR count). The largest absolute Gasteiger partial charge is 0.494 e. The first-order chi connectivity index (χ1) is 38.8. The Balaban J connectivity index is 0.625. The van der Waals surface area contributed by atoms with E-state index in [-0.39, 0.29) is 41.4 Å². The third-order valence-electron chi connectivity index (χ3n) is 13.5. The second-order valence-corrected chi connectivity index (χ2v) is 18.7. The molecule has 0 radical (unpaired) electrons. The molecular weight excluding hydrogens is 990 g/mol. The van der Waals surface area contributed by atoms with Crippen LogP contribution in [0.25, 0.3) is 11.4 Å². The molecule has 4 N–H and O–H groups in total. The van der Waals surface area contributed by atoms with Crippen LogP contribution in [0.1, 0.15) is 33.9 Å². The Kier molecular flexibility index (Phi) is 17.4. The number of benzene rings is 2. The Bertz CT molecular complexity index is 2980. The molecule has 4 aromatic heterocycles. The minimum atomic E-state index is -2.77. The van der Waals surface area contributed by atoms with Crippen LogP contribution in [0, 0.1) is 5.82 Å². The zero-order chi connectivity index (χ0) is 55.8. The van der Waals surface area contributed by atoms with Crippen LogP contribution in [-0.4, -0.2) is 193 Å². The van der Waals surface area contributed by atoms with Gasteiger partial charge in [0.2, 0.25) is 5.91 Å². The van der Waals surface area contributed by atoms with Crippen molar-refractivity contribution in [2.24, 2.45) is 7.05 Å². The van der Waals surface area contributed by atoms with Crippen LogP contribution in [0.15, 0.2) is 85.6 Å². The predicted molar refractivity (Wildman–Crippen MR) is 291 cm³/mol. The number of hydrogen-bond acceptors (Lipinski definition) is 20. The lowest BCUT2D eigenvalue weighted by molar-refractivity contribution is -0.132. The van der Waals surface area contributed by atoms with Crippen LogP contribution in [0.2, 0.25) is 0 Å². The zero-order valence-electron chi connectivity index (χ0n) is 46.4. The Labute approximate surface area is 451 Å². The van der Waals surface area contributed by atoms with Gasteiger partial charge in [-0.05, 0) is 55.3 Å². The zero-order valence-corrected chi connectivity index (χ0v) is 43.4. The average molecular weight is 1060 g/mol. The summed E-state index contributed by atoms with van der Waals surface area (Å²) in [6.45, 7) is 8.33. The molecule has 408 valence electrons. The number of amides is 2. The number of para-hydroxylation sites is 1. The fourth-order valence-electron chi connectivity index (χ4n) is 9.47. The number of piperazine rings is 2. The van der Waals surface area contributed by atoms with E-state index in [0.717, 1.165) is 81.7 Å². The van der Waals surface area contributed by atoms with Gasteiger partial charge in [0.25, 0.3) is 5.91 Å². The molecular formula is C53H68FN17O6. The fourth-order valence-corrected chi connectivity index (χ4v) is 9.47. The summed E-state index contributed by atoms with van der Waals surface area (Å²) in [5, 5.41) is 24.4. The number of pyridine rings is 1. The van der Waals surface area contributed by atoms with E-state index in [0.29, 0.717) is 94.5 Å². The van der Waals surface area contributed by atoms with Crippen LogP contribution in [-0.2, 0) is 26.1 Å². The van der Waals surface area contributed by atoms with Crippen molar-refractivity contribution in [1.82, 2.24) is 55.0 Å². The molecule has 0 spiro atoms. The number of rotatable bonds is 24. The summed E-state index contributed by atoms with van der Waals surface area (Å²) in [6.07, 6.45) is 7.22. The number of nitrogens with zero attached hydrogens (tertiary/aromatic N) is 13. The van der Waals surface area contributed by atoms with Crippen molar-refractivity contribution in [2.45, 2.75) is 25.3 Å². The minimum Gasteiger partial charge on any atom is -0.494 e. The molecule has 77 heavy (non-hydrogen) atoms. The summed E-state index contributed by atoms with van der Waals surface area (Å²) < 4.78 is 61.1. The van der Waals surface area contributed by atoms with Crippen LogP contribution >= 0.6 is 0 Å². The SMILES string of the molecule is [2H]C([2H])([2H])NC(=O)c1nnc(Nc2ccc(N3CCN(C(=O)CCOCCOCCOCCN4CCN(c5cc(N[C@@H]6CCCN(c7cccc(F)c7)C6)ncn5)CC4)CC3)cn2)cc1Nc1cccc(-c2ncn(C)n2)c1OC. The van der Waals surface area contributed by atoms with E-state index in [1.165, 1.54) is 19.2 Å². The van der Waals surface area contributed by atoms with Gasteiger partial charge in [0.1, 0.15) is 35.9 Å². The van der Waals surface area contributed by atoms with Gasteiger partial charge in [0, 0.05) is 114 Å². The first kappa shape index (κ1) is 50.0. The number of methoxy groups -OCH3 is 1. The molecule has 23 nitrogen and oxygen atoms in total. The topological polar surface area (TPSA) is 231 Å². The molecule has 2 amide bonds. The lowest BCUT2D eigenvalue weighted by Crippen LogP contribution is -2.49. The van der Waals surface area contributed by atoms with Crippen LogP contribution in [0.3, 0.4) is 0 Å². The maximum absolute atomic E-state index is 13.9. The van der Waals surface area contributed by atoms with Gasteiger partial charge >= 0.3 is 0 Å². The van der Waals surface area contributed by atoms with Gasteiger partial charge < -0.3 is 59.8 Å². The molecule has 1 atom stereocenters. The van der Waals surface area contributed by atoms with Crippen LogP contribution in [0.5, 0.6) is 5.75 Å². The number of carbonyl (C=O) groups excluding carboxylic acids is 2. The normalized spacial score (nSPS) is 16.8. The van der Waals surface area contributed by atoms with E-state index in [9.17, 15) is 14.0 Å². The molecule has 3 fully saturated rings. The standard InChI is InChI=1S/C53H68FN17O6/c1-55-53(73)50-44(61-43-11-5-10-42(51(43)74-3)52-59-37-66(2)65-52)32-47(63-64-50)62-45-13-12-41(34-56-45)68-20-22-70(23-21-68)49(72)14-25-75-27-29-77-30-28-76-26-24-67-16-18-69(19-17-67)48-33-46(57-36-58-48)60-39-8-6-15-71(35-39)40-9-4-7-38(54)31-40/h4-5,7,9-13,31-34,36-37,39H,6,8,14-30,35H2,1-3H3,(H,55,73)(H,57,58,60)(H2,56,61,62,63)/t39-/m1/s1/i1D3. The van der Waals surface area contributed by atoms with Gasteiger partial charge in [-0.2, -0.15) is 5.10 Å². The second kappa shape index (κ2) is 26.8. The highest BCUT2D eigenvalue weighted by Gasteiger charge is 2.25. The maximum Gasteiger partial charge on any atom is 0.273 e. The fraction of sp³-hybridized carbons (Fsp3) is 0.453. The van der Waals surface area contributed by atoms with Crippen molar-refractivity contribution < 1.29 is 37.0 Å². The first-order valence-electron chi connectivity index (χ1n) is 27.4. The predicted octanol–water partition coefficient (Wildman–Crippen LogP) is 4.44. The van der Waals surface area contributed by atoms with Gasteiger partial charge in [0.05, 0.1) is 82.0 Å². The van der Waals surface area contributed by atoms with E-state index in [4.69, 9.17) is 23.1 Å². The Hall–Kier alpha value is -7.80. The van der Waals surface area contributed by atoms with E-state index in [2.05, 4.69) is 70.8 Å². The van der Waals surface area contributed by atoms with E-state index < -0.39 is 12.9 Å². The quantitative estimate of drug-likeness (QED) is 0.0614. The molecule has 6 aromatic rings. The number of aryl methyl sites for hydroxylation is 1. The van der Waals surface area contributed by atoms with Gasteiger partial charge in [-0.1, -0.05) is 12.1 Å². The van der Waals surface area contributed by atoms with Crippen molar-refractivity contribution in [3.8, 4) is 17.1 Å². The monoisotopic (exact) mass is 1060 g/mol. The Morgan fingerprint density at radius 3 is 2.29 bits per heavy atom. The van der Waals surface area contributed by atoms with Crippen molar-refractivity contribution in [3.05, 3.63) is 97.1 Å². The van der Waals surface area contributed by atoms with Crippen LogP contribution < -0.4 is 40.7 Å². The molecule has 0 saturated carbocycles. The molecule has 0 aliphatic carbocycles. The maximum atomic E-state index is 13.9. The summed E-state index contributed by atoms with van der Waals surface area (Å²) in [6, 6.07) is 19.5. The van der Waals surface area contributed by atoms with Crippen molar-refractivity contribution in [2.75, 3.05) is 156 Å². The summed E-state index contributed by atoms with van der Waals surface area (Å²) >= 11 is 0. The summed E-state index contributed by atoms with van der Waals surface area (Å²) in [5.41, 5.74) is 2.68. The van der Waals surface area contributed by atoms with Gasteiger partial charge in [0.15, 0.2) is 23.1 Å². The Morgan fingerprint density at radius 1 is 0.740 bits per heavy atom. The van der Waals surface area contributed by atoms with E-state index in [1.54, 1.807) is 67.0 Å². The van der Waals surface area contributed by atoms with Gasteiger partial charge in [-0.25, -0.2) is 24.3 Å². The molecule has 24 heteroatoms. The third kappa shape index (κ3) is 14.8. The third-order valence-corrected chi connectivity index (χ3v) is 13.5. The molecule has 3 aliphatic rings. The van der Waals surface area contributed by atoms with Crippen molar-refractivity contribution >= 4 is 57.8 Å². The number of ether oxygens (including phenoxy) is 4. The average Bonchev–Trinajstić information content (AvgIpc) is 3.91. The highest BCUT2D eigenvalue weighted by molar-refractivity contribution is 5.99. The summed E-state index contributed by atoms with van der Waals surface area (Å²) in [7, 11) is 3.24. The highest BCUT2D eigenvalue weighted by atomic mass is 19.1. The molecule has 3 saturated heterocycles. The first-order valence-corrected chi connectivity index (χ1v) is 25.9. The van der Waals surface area contributed by atoms with Crippen LogP contribution in [0.4, 0.5) is 50.4 Å². The molecule has 7 heterocycles. The number of hydrogen-bond donors (Lipinski definition) is 4. The summed E-state index contributed by atoms with van der Waals surface area (Å²) in [5.74, 6) is 2.03. The lowest BCUT2D eigenvalue weighted by atomic mass is 10.0. The number of aromatic nitrogens is 8. The molecule has 0 unspecified atom stereocenters.